The molecule has 0 fully saturated rings. The molecule has 0 saturated heterocycles. The molecule has 3 aromatic rings. The third-order valence-corrected chi connectivity index (χ3v) is 6.33. The molecule has 0 aliphatic heterocycles. The van der Waals surface area contributed by atoms with E-state index in [1.165, 1.54) is 57.8 Å². The van der Waals surface area contributed by atoms with Gasteiger partial charge in [-0.2, -0.15) is 0 Å². The molecule has 3 heterocycles. The van der Waals surface area contributed by atoms with Gasteiger partial charge in [0.1, 0.15) is 0 Å². The monoisotopic (exact) mass is 444 g/mol. The van der Waals surface area contributed by atoms with E-state index in [1.54, 1.807) is 0 Å². The van der Waals surface area contributed by atoms with Crippen molar-refractivity contribution in [2.45, 2.75) is 20.8 Å². The molecule has 0 bridgehead atoms. The Morgan fingerprint density at radius 2 is 0.929 bits per heavy atom. The van der Waals surface area contributed by atoms with E-state index in [1.807, 2.05) is 0 Å². The zero-order valence-electron chi connectivity index (χ0n) is 15.2. The number of Topliss-reactive ketones (excluding diaryl/α,β-unsaturated/α-hetero) is 3. The fourth-order valence-electron chi connectivity index (χ4n) is 2.32. The molecular formula is C18H15GaO9. The number of hydrogen-bond donors (Lipinski definition) is 0. The maximum atomic E-state index is 11.7. The summed E-state index contributed by atoms with van der Waals surface area (Å²) in [5, 5.41) is 0. The topological polar surface area (TPSA) is 118 Å². The van der Waals surface area contributed by atoms with Crippen LogP contribution in [0.15, 0.2) is 50.2 Å². The van der Waals surface area contributed by atoms with Gasteiger partial charge in [0.2, 0.25) is 0 Å². The summed E-state index contributed by atoms with van der Waals surface area (Å²) in [6.45, 7) is 3.97. The summed E-state index contributed by atoms with van der Waals surface area (Å²) < 4.78 is 32.7. The van der Waals surface area contributed by atoms with Crippen LogP contribution in [0.4, 0.5) is 0 Å². The van der Waals surface area contributed by atoms with Gasteiger partial charge in [0.25, 0.3) is 0 Å². The van der Waals surface area contributed by atoms with Crippen LogP contribution in [-0.2, 0) is 0 Å². The summed E-state index contributed by atoms with van der Waals surface area (Å²) in [5.74, 6) is -0.623. The predicted octanol–water partition coefficient (Wildman–Crippen LogP) is 3.60. The van der Waals surface area contributed by atoms with Crippen LogP contribution in [0.25, 0.3) is 0 Å². The number of carbonyl (C=O) groups excluding carboxylic acids is 3. The van der Waals surface area contributed by atoms with Gasteiger partial charge in [-0.15, -0.1) is 0 Å². The van der Waals surface area contributed by atoms with Crippen LogP contribution in [0.2, 0.25) is 0 Å². The Balaban J connectivity index is 1.91. The van der Waals surface area contributed by atoms with Crippen LogP contribution in [0, 0.1) is 0 Å². The van der Waals surface area contributed by atoms with Crippen LogP contribution in [-0.4, -0.2) is 34.7 Å². The van der Waals surface area contributed by atoms with Crippen molar-refractivity contribution in [2.75, 3.05) is 0 Å². The first-order valence-corrected chi connectivity index (χ1v) is 11.1. The Morgan fingerprint density at radius 1 is 0.643 bits per heavy atom. The Labute approximate surface area is 165 Å². The zero-order chi connectivity index (χ0) is 20.3. The molecule has 0 N–H and O–H groups in total. The third kappa shape index (κ3) is 4.23. The van der Waals surface area contributed by atoms with Crippen LogP contribution in [0.3, 0.4) is 0 Å². The molecular weight excluding hydrogens is 430 g/mol. The quantitative estimate of drug-likeness (QED) is 0.360. The van der Waals surface area contributed by atoms with Crippen molar-refractivity contribution in [1.82, 2.24) is 0 Å². The number of ketones is 3. The molecule has 0 aromatic carbocycles. The van der Waals surface area contributed by atoms with Gasteiger partial charge >= 0.3 is 165 Å². The fraction of sp³-hybridized carbons (Fsp3) is 0.167. The van der Waals surface area contributed by atoms with Gasteiger partial charge < -0.3 is 0 Å². The van der Waals surface area contributed by atoms with E-state index in [9.17, 15) is 14.4 Å². The van der Waals surface area contributed by atoms with Crippen molar-refractivity contribution in [3.05, 3.63) is 54.3 Å². The van der Waals surface area contributed by atoms with Gasteiger partial charge in [0.05, 0.1) is 0 Å². The summed E-state index contributed by atoms with van der Waals surface area (Å²) in [7, 11) is 0. The van der Waals surface area contributed by atoms with Gasteiger partial charge in [-0.25, -0.2) is 0 Å². The number of furan rings is 3. The molecule has 0 amide bonds. The van der Waals surface area contributed by atoms with Crippen LogP contribution in [0.5, 0.6) is 17.2 Å². The third-order valence-electron chi connectivity index (χ3n) is 3.52. The summed E-state index contributed by atoms with van der Waals surface area (Å²) in [6, 6.07) is 4.35. The van der Waals surface area contributed by atoms with E-state index in [0.717, 1.165) is 0 Å². The average Bonchev–Trinajstić information content (AvgIpc) is 3.34. The molecule has 0 aliphatic rings. The Kier molecular flexibility index (Phi) is 5.80. The van der Waals surface area contributed by atoms with Crippen molar-refractivity contribution in [1.29, 1.82) is 0 Å². The fourth-order valence-corrected chi connectivity index (χ4v) is 5.10. The Morgan fingerprint density at radius 3 is 1.18 bits per heavy atom. The molecule has 9 nitrogen and oxygen atoms in total. The van der Waals surface area contributed by atoms with Crippen molar-refractivity contribution >= 4 is 34.7 Å². The number of hydrogen-bond acceptors (Lipinski definition) is 9. The zero-order valence-corrected chi connectivity index (χ0v) is 17.6. The predicted molar refractivity (Wildman–Crippen MR) is 93.8 cm³/mol. The normalized spacial score (nSPS) is 10.4. The van der Waals surface area contributed by atoms with Crippen molar-refractivity contribution < 1.29 is 38.2 Å². The van der Waals surface area contributed by atoms with E-state index in [0.29, 0.717) is 0 Å². The van der Waals surface area contributed by atoms with Crippen molar-refractivity contribution in [3.63, 3.8) is 0 Å². The van der Waals surface area contributed by atoms with E-state index >= 15 is 0 Å². The number of carbonyl (C=O) groups is 3. The van der Waals surface area contributed by atoms with E-state index in [-0.39, 0.29) is 51.9 Å². The van der Waals surface area contributed by atoms with Crippen molar-refractivity contribution in [3.8, 4) is 17.2 Å². The second-order valence-electron chi connectivity index (χ2n) is 5.65. The Bertz CT molecular complexity index is 881. The first-order chi connectivity index (χ1) is 13.4. The summed E-state index contributed by atoms with van der Waals surface area (Å²) >= 11 is -3.74. The minimum atomic E-state index is -3.74. The second kappa shape index (κ2) is 8.27. The molecule has 10 heteroatoms. The molecule has 0 unspecified atom stereocenters. The molecule has 0 aliphatic carbocycles. The molecule has 0 saturated carbocycles. The number of rotatable bonds is 9. The Hall–Kier alpha value is -3.11. The van der Waals surface area contributed by atoms with Gasteiger partial charge in [-0.05, 0) is 0 Å². The van der Waals surface area contributed by atoms with Gasteiger partial charge in [-0.3, -0.25) is 0 Å². The average molecular weight is 445 g/mol. The summed E-state index contributed by atoms with van der Waals surface area (Å²) in [6.07, 6.45) is 3.88. The van der Waals surface area contributed by atoms with E-state index in [2.05, 4.69) is 0 Å². The standard InChI is InChI=1S/3C6H6O3.Ga/c3*1-4(7)6-5(8)2-3-9-6;/h3*2-3,8H,1H3;/q;;;+3/p-3. The maximum absolute atomic E-state index is 11.7. The summed E-state index contributed by atoms with van der Waals surface area (Å²) in [4.78, 5) is 35.0. The molecule has 3 rings (SSSR count). The molecule has 0 atom stereocenters. The molecule has 0 spiro atoms. The second-order valence-corrected chi connectivity index (χ2v) is 8.35. The van der Waals surface area contributed by atoms with Gasteiger partial charge in [-0.1, -0.05) is 0 Å². The van der Waals surface area contributed by atoms with E-state index in [4.69, 9.17) is 23.8 Å². The molecule has 28 heavy (non-hydrogen) atoms. The van der Waals surface area contributed by atoms with Crippen LogP contribution >= 0.6 is 0 Å². The first kappa shape index (κ1) is 19.6. The van der Waals surface area contributed by atoms with Crippen LogP contribution in [0.1, 0.15) is 52.4 Å². The first-order valence-electron chi connectivity index (χ1n) is 8.12. The molecule has 3 aromatic heterocycles. The SMILES string of the molecule is CC(=O)c1occc1[O][Ga]([O]c1ccoc1C(C)=O)[O]c1ccoc1C(C)=O. The minimum absolute atomic E-state index is 0.000736. The van der Waals surface area contributed by atoms with Crippen molar-refractivity contribution in [2.24, 2.45) is 0 Å². The van der Waals surface area contributed by atoms with Gasteiger partial charge in [0.15, 0.2) is 0 Å². The summed E-state index contributed by atoms with van der Waals surface area (Å²) in [5.41, 5.74) is 0. The van der Waals surface area contributed by atoms with Crippen LogP contribution < -0.4 is 10.6 Å². The molecule has 144 valence electrons. The van der Waals surface area contributed by atoms with E-state index < -0.39 is 17.3 Å². The van der Waals surface area contributed by atoms with Gasteiger partial charge in [0, 0.05) is 0 Å². The molecule has 0 radical (unpaired) electrons.